The molecule has 0 spiro atoms. The van der Waals surface area contributed by atoms with E-state index < -0.39 is 0 Å². The van der Waals surface area contributed by atoms with E-state index in [1.165, 1.54) is 64.2 Å². The summed E-state index contributed by atoms with van der Waals surface area (Å²) in [5, 5.41) is 0. The molecule has 0 aromatic rings. The van der Waals surface area contributed by atoms with Crippen LogP contribution in [0.25, 0.3) is 0 Å². The largest absolute Gasteiger partial charge is 2.00 e. The zero-order valence-electron chi connectivity index (χ0n) is 11.1. The Morgan fingerprint density at radius 2 is 0.882 bits per heavy atom. The summed E-state index contributed by atoms with van der Waals surface area (Å²) in [4.78, 5) is 0. The van der Waals surface area contributed by atoms with Gasteiger partial charge in [-0.15, -0.1) is 0 Å². The molecule has 0 unspecified atom stereocenters. The Balaban J connectivity index is -0.000000490. The molecule has 17 heavy (non-hydrogen) atoms. The quantitative estimate of drug-likeness (QED) is 0.355. The fourth-order valence-electron chi connectivity index (χ4n) is 2.76. The molecule has 0 aromatic heterocycles. The Morgan fingerprint density at radius 1 is 0.588 bits per heavy atom. The van der Waals surface area contributed by atoms with Gasteiger partial charge in [-0.3, -0.25) is 0 Å². The summed E-state index contributed by atoms with van der Waals surface area (Å²) < 4.78 is 0. The predicted molar refractivity (Wildman–Crippen MR) is 66.4 cm³/mol. The van der Waals surface area contributed by atoms with Crippen molar-refractivity contribution in [2.24, 2.45) is 0 Å². The van der Waals surface area contributed by atoms with E-state index in [4.69, 9.17) is 0 Å². The number of rotatable bonds is 2. The average molecular weight is 299 g/mol. The molecule has 2 rings (SSSR count). The van der Waals surface area contributed by atoms with Crippen LogP contribution in [0.5, 0.6) is 0 Å². The minimum Gasteiger partial charge on any atom is -1.00 e. The van der Waals surface area contributed by atoms with E-state index in [1.807, 2.05) is 8.58 Å². The second-order valence-corrected chi connectivity index (χ2v) is 6.49. The molecule has 0 N–H and O–H groups in total. The molecule has 0 bridgehead atoms. The van der Waals surface area contributed by atoms with E-state index in [0.29, 0.717) is 0 Å². The Morgan fingerprint density at radius 3 is 1.18 bits per heavy atom. The van der Waals surface area contributed by atoms with Crippen molar-refractivity contribution in [3.63, 3.8) is 0 Å². The molecule has 0 saturated heterocycles. The van der Waals surface area contributed by atoms with Gasteiger partial charge >= 0.3 is 41.9 Å². The molecule has 0 radical (unpaired) electrons. The van der Waals surface area contributed by atoms with Crippen LogP contribution < -0.4 is 43.7 Å². The molecule has 0 amide bonds. The van der Waals surface area contributed by atoms with Crippen LogP contribution >= 0.6 is 8.58 Å². The van der Waals surface area contributed by atoms with Crippen molar-refractivity contribution in [1.82, 2.24) is 0 Å². The zero-order valence-corrected chi connectivity index (χ0v) is 15.0. The maximum atomic E-state index is 1.84. The molecule has 0 atom stereocenters. The van der Waals surface area contributed by atoms with Gasteiger partial charge in [-0.05, 0) is 0 Å². The van der Waals surface area contributed by atoms with E-state index in [2.05, 4.69) is 0 Å². The second-order valence-electron chi connectivity index (χ2n) is 4.73. The van der Waals surface area contributed by atoms with Crippen LogP contribution in [-0.2, 0) is 0 Å². The van der Waals surface area contributed by atoms with Crippen molar-refractivity contribution in [3.05, 3.63) is 0 Å². The Hall–Kier alpha value is 2.37. The van der Waals surface area contributed by atoms with Crippen molar-refractivity contribution < 1.29 is 43.7 Å². The van der Waals surface area contributed by atoms with Crippen molar-refractivity contribution in [2.75, 3.05) is 0 Å². The first-order valence-electron chi connectivity index (χ1n) is 6.15. The Labute approximate surface area is 150 Å². The topological polar surface area (TPSA) is 0 Å². The van der Waals surface area contributed by atoms with Gasteiger partial charge in [-0.2, -0.15) is 11.3 Å². The summed E-state index contributed by atoms with van der Waals surface area (Å²) in [5.41, 5.74) is 2.19. The van der Waals surface area contributed by atoms with Gasteiger partial charge in [0.05, 0.1) is 0 Å². The van der Waals surface area contributed by atoms with E-state index in [0.717, 1.165) is 11.3 Å². The number of hydrogen-bond acceptors (Lipinski definition) is 0. The van der Waals surface area contributed by atoms with Gasteiger partial charge in [-0.25, -0.2) is 0 Å². The monoisotopic (exact) mass is 298 g/mol. The summed E-state index contributed by atoms with van der Waals surface area (Å²) >= 11 is 0. The van der Waals surface area contributed by atoms with E-state index in [1.54, 1.807) is 0 Å². The van der Waals surface area contributed by atoms with Gasteiger partial charge in [0.2, 0.25) is 0 Å². The Kier molecular flexibility index (Phi) is 21.2. The molecule has 2 fully saturated rings. The molecule has 0 nitrogen and oxygen atoms in total. The van der Waals surface area contributed by atoms with E-state index in [-0.39, 0.29) is 66.7 Å². The van der Waals surface area contributed by atoms with Crippen molar-refractivity contribution in [2.45, 2.75) is 75.5 Å². The maximum absolute atomic E-state index is 1.84. The summed E-state index contributed by atoms with van der Waals surface area (Å²) in [6, 6.07) is 0. The number of halogens is 2. The molecule has 0 heterocycles. The third-order valence-electron chi connectivity index (χ3n) is 3.57. The molecule has 0 aromatic carbocycles. The Bertz CT molecular complexity index is 135. The van der Waals surface area contributed by atoms with Gasteiger partial charge in [0, 0.05) is 0 Å². The second kappa shape index (κ2) is 14.8. The molecular formula is C12H22Cl2LiMgP. The summed E-state index contributed by atoms with van der Waals surface area (Å²) in [5.74, 6) is 0. The van der Waals surface area contributed by atoms with E-state index in [9.17, 15) is 0 Å². The minimum absolute atomic E-state index is 0. The third-order valence-corrected chi connectivity index (χ3v) is 5.45. The average Bonchev–Trinajstić information content (AvgIpc) is 2.21. The van der Waals surface area contributed by atoms with Gasteiger partial charge in [0.25, 0.3) is 0 Å². The number of hydrogen-bond donors (Lipinski definition) is 0. The van der Waals surface area contributed by atoms with Gasteiger partial charge in [0.1, 0.15) is 0 Å². The van der Waals surface area contributed by atoms with Gasteiger partial charge in [-0.1, -0.05) is 64.2 Å². The SMILES string of the molecule is C1CCC([P-]C2CCCCC2)CC1.[Cl-].[Cl-].[Li+].[Mg+2]. The molecule has 2 aliphatic rings. The van der Waals surface area contributed by atoms with Crippen LogP contribution in [0.1, 0.15) is 64.2 Å². The van der Waals surface area contributed by atoms with Crippen LogP contribution in [0.3, 0.4) is 0 Å². The van der Waals surface area contributed by atoms with Crippen LogP contribution in [0.2, 0.25) is 0 Å². The van der Waals surface area contributed by atoms with Crippen LogP contribution in [0.15, 0.2) is 0 Å². The smallest absolute Gasteiger partial charge is 1.00 e. The molecule has 2 aliphatic carbocycles. The normalized spacial score (nSPS) is 21.2. The fraction of sp³-hybridized carbons (Fsp3) is 1.00. The predicted octanol–water partition coefficient (Wildman–Crippen LogP) is -4.77. The standard InChI is InChI=1S/C12H22P.2ClH.Li.Mg/c1-3-7-11(8-4-1)13-12-9-5-2-6-10-12;;;;/h11-12H,1-10H2;2*1H;;/q-1;;;+1;+2/p-2. The van der Waals surface area contributed by atoms with Crippen molar-refractivity contribution in [1.29, 1.82) is 0 Å². The summed E-state index contributed by atoms with van der Waals surface area (Å²) in [6.45, 7) is 0. The van der Waals surface area contributed by atoms with Gasteiger partial charge < -0.3 is 33.4 Å². The van der Waals surface area contributed by atoms with Crippen LogP contribution in [-0.4, -0.2) is 34.4 Å². The molecule has 92 valence electrons. The summed E-state index contributed by atoms with van der Waals surface area (Å²) in [7, 11) is 1.84. The maximum Gasteiger partial charge on any atom is 2.00 e. The first-order chi connectivity index (χ1) is 6.45. The van der Waals surface area contributed by atoms with Crippen molar-refractivity contribution >= 4 is 31.6 Å². The molecule has 5 heteroatoms. The molecule has 0 aliphatic heterocycles. The molecular weight excluding hydrogens is 277 g/mol. The zero-order chi connectivity index (χ0) is 8.93. The summed E-state index contributed by atoms with van der Waals surface area (Å²) in [6.07, 6.45) is 15.3. The van der Waals surface area contributed by atoms with Crippen LogP contribution in [0, 0.1) is 0 Å². The first kappa shape index (κ1) is 24.4. The molecule has 2 saturated carbocycles. The fourth-order valence-corrected chi connectivity index (χ4v) is 4.68. The van der Waals surface area contributed by atoms with E-state index >= 15 is 0 Å². The van der Waals surface area contributed by atoms with Crippen molar-refractivity contribution in [3.8, 4) is 0 Å². The first-order valence-corrected chi connectivity index (χ1v) is 7.18. The van der Waals surface area contributed by atoms with Gasteiger partial charge in [0.15, 0.2) is 0 Å². The van der Waals surface area contributed by atoms with Crippen LogP contribution in [0.4, 0.5) is 0 Å². The minimum atomic E-state index is 0. The third kappa shape index (κ3) is 9.84.